The van der Waals surface area contributed by atoms with Crippen molar-refractivity contribution >= 4 is 11.3 Å². The normalized spacial score (nSPS) is 21.7. The summed E-state index contributed by atoms with van der Waals surface area (Å²) in [5.41, 5.74) is 5.35. The highest BCUT2D eigenvalue weighted by Crippen LogP contribution is 2.46. The third kappa shape index (κ3) is 3.96. The summed E-state index contributed by atoms with van der Waals surface area (Å²) in [5.74, 6) is 3.37. The average molecular weight is 455 g/mol. The molecule has 34 heavy (non-hydrogen) atoms. The summed E-state index contributed by atoms with van der Waals surface area (Å²) in [4.78, 5) is 16.2. The molecule has 7 rings (SSSR count). The lowest BCUT2D eigenvalue weighted by molar-refractivity contribution is 0.301. The Balaban J connectivity index is 1.03. The van der Waals surface area contributed by atoms with E-state index < -0.39 is 0 Å². The quantitative estimate of drug-likeness (QED) is 0.440. The van der Waals surface area contributed by atoms with Gasteiger partial charge in [-0.2, -0.15) is 5.10 Å². The monoisotopic (exact) mass is 454 g/mol. The van der Waals surface area contributed by atoms with E-state index in [0.717, 1.165) is 60.8 Å². The fourth-order valence-corrected chi connectivity index (χ4v) is 5.39. The molecule has 174 valence electrons. The Kier molecular flexibility index (Phi) is 4.86. The van der Waals surface area contributed by atoms with E-state index in [9.17, 15) is 0 Å². The van der Waals surface area contributed by atoms with E-state index in [1.54, 1.807) is 6.33 Å². The van der Waals surface area contributed by atoms with Crippen LogP contribution in [-0.2, 0) is 13.1 Å². The van der Waals surface area contributed by atoms with Crippen LogP contribution in [0.2, 0.25) is 0 Å². The highest BCUT2D eigenvalue weighted by molar-refractivity contribution is 5.61. The molecule has 2 saturated carbocycles. The summed E-state index contributed by atoms with van der Waals surface area (Å²) in [5, 5.41) is 8.31. The van der Waals surface area contributed by atoms with Crippen LogP contribution in [0.4, 0.5) is 5.69 Å². The minimum atomic E-state index is 0.590. The highest BCUT2D eigenvalue weighted by atomic mass is 15.3. The van der Waals surface area contributed by atoms with Crippen LogP contribution in [0.5, 0.6) is 0 Å². The Labute approximate surface area is 199 Å². The van der Waals surface area contributed by atoms with E-state index in [2.05, 4.69) is 55.2 Å². The molecule has 8 nitrogen and oxygen atoms in total. The molecule has 2 atom stereocenters. The van der Waals surface area contributed by atoms with Crippen LogP contribution in [0.15, 0.2) is 49.3 Å². The van der Waals surface area contributed by atoms with Crippen LogP contribution in [0.3, 0.4) is 0 Å². The van der Waals surface area contributed by atoms with E-state index in [4.69, 9.17) is 10.1 Å². The number of hydrogen-bond donors (Lipinski definition) is 1. The zero-order chi connectivity index (χ0) is 22.5. The van der Waals surface area contributed by atoms with Gasteiger partial charge in [-0.15, -0.1) is 0 Å². The SMILES string of the molecule is c1cc2nc(Cn3cnc(-c4cncc(N5CC6CC6C5)c4)n3)cn2cc1CNCC1CCC1. The molecular formula is C26H30N8. The molecule has 1 aliphatic heterocycles. The summed E-state index contributed by atoms with van der Waals surface area (Å²) in [6.07, 6.45) is 15.4. The molecular weight excluding hydrogens is 424 g/mol. The minimum absolute atomic E-state index is 0.590. The van der Waals surface area contributed by atoms with Crippen molar-refractivity contribution in [1.82, 2.24) is 34.4 Å². The molecule has 0 amide bonds. The summed E-state index contributed by atoms with van der Waals surface area (Å²) >= 11 is 0. The third-order valence-corrected chi connectivity index (χ3v) is 7.74. The number of imidazole rings is 1. The van der Waals surface area contributed by atoms with Gasteiger partial charge in [-0.3, -0.25) is 4.98 Å². The van der Waals surface area contributed by atoms with Crippen LogP contribution in [0, 0.1) is 17.8 Å². The second-order valence-corrected chi connectivity index (χ2v) is 10.3. The summed E-state index contributed by atoms with van der Waals surface area (Å²) in [6, 6.07) is 6.43. The van der Waals surface area contributed by atoms with Gasteiger partial charge in [-0.05, 0) is 61.3 Å². The van der Waals surface area contributed by atoms with Crippen LogP contribution >= 0.6 is 0 Å². The lowest BCUT2D eigenvalue weighted by Gasteiger charge is -2.25. The zero-order valence-corrected chi connectivity index (χ0v) is 19.3. The Morgan fingerprint density at radius 3 is 2.82 bits per heavy atom. The van der Waals surface area contributed by atoms with Crippen molar-refractivity contribution in [3.05, 3.63) is 60.6 Å². The largest absolute Gasteiger partial charge is 0.370 e. The van der Waals surface area contributed by atoms with Gasteiger partial charge in [0.15, 0.2) is 5.82 Å². The lowest BCUT2D eigenvalue weighted by Crippen LogP contribution is -2.26. The summed E-state index contributed by atoms with van der Waals surface area (Å²) < 4.78 is 3.97. The number of aromatic nitrogens is 6. The van der Waals surface area contributed by atoms with Crippen LogP contribution in [0.1, 0.15) is 36.9 Å². The van der Waals surface area contributed by atoms with Gasteiger partial charge >= 0.3 is 0 Å². The van der Waals surface area contributed by atoms with Gasteiger partial charge in [-0.25, -0.2) is 14.6 Å². The van der Waals surface area contributed by atoms with Gasteiger partial charge in [-0.1, -0.05) is 12.5 Å². The Morgan fingerprint density at radius 1 is 1.06 bits per heavy atom. The number of nitrogens with one attached hydrogen (secondary N) is 1. The van der Waals surface area contributed by atoms with Gasteiger partial charge in [0.1, 0.15) is 12.0 Å². The molecule has 3 fully saturated rings. The fourth-order valence-electron chi connectivity index (χ4n) is 5.39. The maximum absolute atomic E-state index is 4.77. The molecule has 2 unspecified atom stereocenters. The number of nitrogens with zero attached hydrogens (tertiary/aromatic N) is 7. The van der Waals surface area contributed by atoms with Crippen molar-refractivity contribution in [2.45, 2.75) is 38.8 Å². The fraction of sp³-hybridized carbons (Fsp3) is 0.462. The van der Waals surface area contributed by atoms with Crippen molar-refractivity contribution in [2.75, 3.05) is 24.5 Å². The van der Waals surface area contributed by atoms with Crippen molar-refractivity contribution in [1.29, 1.82) is 0 Å². The van der Waals surface area contributed by atoms with Crippen molar-refractivity contribution in [3.63, 3.8) is 0 Å². The molecule has 8 heteroatoms. The van der Waals surface area contributed by atoms with Crippen molar-refractivity contribution in [3.8, 4) is 11.4 Å². The van der Waals surface area contributed by atoms with E-state index in [1.165, 1.54) is 36.9 Å². The molecule has 1 N–H and O–H groups in total. The van der Waals surface area contributed by atoms with E-state index >= 15 is 0 Å². The van der Waals surface area contributed by atoms with Gasteiger partial charge < -0.3 is 14.6 Å². The molecule has 0 spiro atoms. The van der Waals surface area contributed by atoms with Gasteiger partial charge in [0.2, 0.25) is 0 Å². The lowest BCUT2D eigenvalue weighted by atomic mass is 9.85. The van der Waals surface area contributed by atoms with Crippen LogP contribution in [0.25, 0.3) is 17.0 Å². The van der Waals surface area contributed by atoms with E-state index in [1.807, 2.05) is 17.1 Å². The first-order valence-corrected chi connectivity index (χ1v) is 12.5. The predicted octanol–water partition coefficient (Wildman–Crippen LogP) is 3.38. The first-order chi connectivity index (χ1) is 16.8. The molecule has 3 aliphatic rings. The number of fused-ring (bicyclic) bond motifs is 2. The molecule has 0 bridgehead atoms. The predicted molar refractivity (Wildman–Crippen MR) is 130 cm³/mol. The standard InChI is InChI=1S/C26H30N8/c1-2-18(3-1)8-27-9-19-4-5-25-30-23(15-33(25)12-19)16-34-17-29-26(31-34)20-7-24(11-28-10-20)32-13-21-6-22(21)14-32/h4-5,7,10-12,15,17-18,21-22,27H,1-3,6,8-9,13-14,16H2. The van der Waals surface area contributed by atoms with E-state index in [0.29, 0.717) is 12.4 Å². The molecule has 1 saturated heterocycles. The topological polar surface area (TPSA) is 76.2 Å². The second-order valence-electron chi connectivity index (χ2n) is 10.3. The average Bonchev–Trinajstić information content (AvgIpc) is 3.19. The highest BCUT2D eigenvalue weighted by Gasteiger charge is 2.45. The molecule has 5 heterocycles. The zero-order valence-electron chi connectivity index (χ0n) is 19.3. The first-order valence-electron chi connectivity index (χ1n) is 12.5. The third-order valence-electron chi connectivity index (χ3n) is 7.74. The van der Waals surface area contributed by atoms with Gasteiger partial charge in [0.05, 0.1) is 24.1 Å². The molecule has 0 radical (unpaired) electrons. The van der Waals surface area contributed by atoms with Gasteiger partial charge in [0, 0.05) is 43.8 Å². The van der Waals surface area contributed by atoms with Gasteiger partial charge in [0.25, 0.3) is 0 Å². The molecule has 0 aromatic carbocycles. The van der Waals surface area contributed by atoms with Crippen LogP contribution in [-0.4, -0.2) is 48.8 Å². The van der Waals surface area contributed by atoms with Crippen LogP contribution < -0.4 is 10.2 Å². The Bertz CT molecular complexity index is 1310. The summed E-state index contributed by atoms with van der Waals surface area (Å²) in [6.45, 7) is 4.93. The number of piperidine rings is 1. The molecule has 4 aromatic heterocycles. The second kappa shape index (κ2) is 8.20. The number of pyridine rings is 2. The number of anilines is 1. The summed E-state index contributed by atoms with van der Waals surface area (Å²) in [7, 11) is 0. The Morgan fingerprint density at radius 2 is 1.97 bits per heavy atom. The maximum atomic E-state index is 4.77. The number of rotatable bonds is 8. The smallest absolute Gasteiger partial charge is 0.182 e. The Hall–Kier alpha value is -3.26. The minimum Gasteiger partial charge on any atom is -0.370 e. The number of hydrogen-bond acceptors (Lipinski definition) is 6. The molecule has 2 aliphatic carbocycles. The maximum Gasteiger partial charge on any atom is 0.182 e. The molecule has 4 aromatic rings. The first kappa shape index (κ1) is 20.1. The van der Waals surface area contributed by atoms with Crippen molar-refractivity contribution in [2.24, 2.45) is 17.8 Å². The van der Waals surface area contributed by atoms with Crippen molar-refractivity contribution < 1.29 is 0 Å². The van der Waals surface area contributed by atoms with E-state index in [-0.39, 0.29) is 0 Å².